The topological polar surface area (TPSA) is 103 Å². The zero-order chi connectivity index (χ0) is 24.5. The molecule has 1 aromatic heterocycles. The van der Waals surface area contributed by atoms with Crippen molar-refractivity contribution in [2.75, 3.05) is 0 Å². The van der Waals surface area contributed by atoms with Crippen molar-refractivity contribution in [3.05, 3.63) is 82.7 Å². The van der Waals surface area contributed by atoms with Crippen LogP contribution in [0.2, 0.25) is 0 Å². The molecule has 2 atom stereocenters. The summed E-state index contributed by atoms with van der Waals surface area (Å²) in [6.07, 6.45) is 0.550. The minimum Gasteiger partial charge on any atom is -0.425 e. The predicted molar refractivity (Wildman–Crippen MR) is 130 cm³/mol. The molecule has 7 nitrogen and oxygen atoms in total. The molecule has 8 heteroatoms. The van der Waals surface area contributed by atoms with Crippen molar-refractivity contribution >= 4 is 37.7 Å². The Morgan fingerprint density at radius 1 is 1.00 bits per heavy atom. The van der Waals surface area contributed by atoms with E-state index in [-0.39, 0.29) is 22.1 Å². The Labute approximate surface area is 197 Å². The second kappa shape index (κ2) is 9.40. The number of aryl methyl sites for hydroxylation is 1. The van der Waals surface area contributed by atoms with E-state index in [1.54, 1.807) is 43.3 Å². The van der Waals surface area contributed by atoms with Gasteiger partial charge in [-0.05, 0) is 48.6 Å². The number of hydrogen-bond acceptors (Lipinski definition) is 6. The van der Waals surface area contributed by atoms with E-state index in [1.807, 2.05) is 26.0 Å². The van der Waals surface area contributed by atoms with Crippen LogP contribution in [-0.4, -0.2) is 20.4 Å². The average molecular weight is 480 g/mol. The largest absolute Gasteiger partial charge is 0.425 e. The van der Waals surface area contributed by atoms with Gasteiger partial charge in [0.15, 0.2) is 0 Å². The molecule has 0 fully saturated rings. The summed E-state index contributed by atoms with van der Waals surface area (Å²) in [5, 5.41) is 1.89. The molecular weight excluding hydrogens is 454 g/mol. The van der Waals surface area contributed by atoms with Crippen molar-refractivity contribution in [3.63, 3.8) is 0 Å². The number of fused-ring (bicyclic) bond motifs is 3. The van der Waals surface area contributed by atoms with Gasteiger partial charge in [-0.25, -0.2) is 18.0 Å². The summed E-state index contributed by atoms with van der Waals surface area (Å²) in [5.41, 5.74) is 0.705. The van der Waals surface area contributed by atoms with Gasteiger partial charge in [0.2, 0.25) is 10.0 Å². The van der Waals surface area contributed by atoms with Gasteiger partial charge in [0.1, 0.15) is 17.4 Å². The summed E-state index contributed by atoms with van der Waals surface area (Å²) >= 11 is 0. The van der Waals surface area contributed by atoms with Crippen molar-refractivity contribution < 1.29 is 22.4 Å². The molecule has 0 aliphatic rings. The molecule has 4 rings (SSSR count). The lowest BCUT2D eigenvalue weighted by Crippen LogP contribution is -2.46. The fourth-order valence-corrected chi connectivity index (χ4v) is 4.98. The zero-order valence-electron chi connectivity index (χ0n) is 19.1. The van der Waals surface area contributed by atoms with Crippen LogP contribution in [0.4, 0.5) is 0 Å². The van der Waals surface area contributed by atoms with Crippen LogP contribution < -0.4 is 15.1 Å². The van der Waals surface area contributed by atoms with Gasteiger partial charge >= 0.3 is 11.6 Å². The fourth-order valence-electron chi connectivity index (χ4n) is 3.69. The lowest BCUT2D eigenvalue weighted by molar-refractivity contribution is -0.137. The van der Waals surface area contributed by atoms with Crippen LogP contribution >= 0.6 is 0 Å². The molecule has 0 saturated carbocycles. The Kier molecular flexibility index (Phi) is 6.54. The highest BCUT2D eigenvalue weighted by Crippen LogP contribution is 2.27. The third-order valence-electron chi connectivity index (χ3n) is 5.89. The quantitative estimate of drug-likeness (QED) is 0.181. The number of ether oxygens (including phenoxy) is 1. The first kappa shape index (κ1) is 23.7. The average Bonchev–Trinajstić information content (AvgIpc) is 2.82. The summed E-state index contributed by atoms with van der Waals surface area (Å²) < 4.78 is 39.2. The molecule has 3 aromatic carbocycles. The minimum absolute atomic E-state index is 0.0681. The summed E-state index contributed by atoms with van der Waals surface area (Å²) in [5.74, 6) is -0.915. The first-order valence-electron chi connectivity index (χ1n) is 11.0. The zero-order valence-corrected chi connectivity index (χ0v) is 19.9. The number of nitrogens with one attached hydrogen (secondary N) is 1. The molecule has 34 heavy (non-hydrogen) atoms. The maximum atomic E-state index is 13.1. The Morgan fingerprint density at radius 3 is 2.35 bits per heavy atom. The summed E-state index contributed by atoms with van der Waals surface area (Å²) in [4.78, 5) is 25.4. The molecule has 0 aliphatic heterocycles. The molecule has 1 N–H and O–H groups in total. The van der Waals surface area contributed by atoms with Crippen LogP contribution in [0, 0.1) is 12.8 Å². The smallest absolute Gasteiger partial charge is 0.344 e. The number of sulfonamides is 1. The number of benzene rings is 3. The van der Waals surface area contributed by atoms with Crippen LogP contribution in [0.15, 0.2) is 80.8 Å². The van der Waals surface area contributed by atoms with E-state index in [2.05, 4.69) is 4.72 Å². The fraction of sp³-hybridized carbons (Fsp3) is 0.231. The molecule has 0 aliphatic carbocycles. The summed E-state index contributed by atoms with van der Waals surface area (Å²) in [6, 6.07) is 17.1. The summed E-state index contributed by atoms with van der Waals surface area (Å²) in [7, 11) is -3.94. The highest BCUT2D eigenvalue weighted by atomic mass is 32.2. The van der Waals surface area contributed by atoms with E-state index in [9.17, 15) is 18.0 Å². The third-order valence-corrected chi connectivity index (χ3v) is 7.35. The lowest BCUT2D eigenvalue weighted by atomic mass is 10.0. The standard InChI is InChI=1S/C26H25NO6S/c1-4-17(3)24(27-34(30,31)19-12-9-16(2)10-13-19)26(29)32-18-11-14-21-20-7-5-6-8-22(20)25(28)33-23(21)15-18/h5-15,17,24,27H,4H2,1-3H3. The molecule has 0 spiro atoms. The SMILES string of the molecule is CCC(C)C(NS(=O)(=O)c1ccc(C)cc1)C(=O)Oc1ccc2c(c1)oc(=O)c1ccccc12. The molecule has 0 radical (unpaired) electrons. The van der Waals surface area contributed by atoms with E-state index in [4.69, 9.17) is 9.15 Å². The maximum absolute atomic E-state index is 13.1. The van der Waals surface area contributed by atoms with Gasteiger partial charge in [-0.15, -0.1) is 0 Å². The second-order valence-electron chi connectivity index (χ2n) is 8.31. The number of hydrogen-bond donors (Lipinski definition) is 1. The van der Waals surface area contributed by atoms with Gasteiger partial charge in [0.25, 0.3) is 0 Å². The Hall–Kier alpha value is -3.49. The summed E-state index contributed by atoms with van der Waals surface area (Å²) in [6.45, 7) is 5.49. The normalized spacial score (nSPS) is 13.6. The van der Waals surface area contributed by atoms with Crippen molar-refractivity contribution in [2.45, 2.75) is 38.1 Å². The van der Waals surface area contributed by atoms with Gasteiger partial charge in [-0.2, -0.15) is 4.72 Å². The number of carbonyl (C=O) groups excluding carboxylic acids is 1. The second-order valence-corrected chi connectivity index (χ2v) is 10.0. The van der Waals surface area contributed by atoms with Gasteiger partial charge in [-0.3, -0.25) is 0 Å². The molecule has 0 bridgehead atoms. The molecule has 4 aromatic rings. The number of carbonyl (C=O) groups is 1. The first-order chi connectivity index (χ1) is 16.2. The van der Waals surface area contributed by atoms with Crippen LogP contribution in [0.1, 0.15) is 25.8 Å². The Balaban J connectivity index is 1.63. The first-order valence-corrected chi connectivity index (χ1v) is 12.4. The number of esters is 1. The molecule has 2 unspecified atom stereocenters. The maximum Gasteiger partial charge on any atom is 0.344 e. The van der Waals surface area contributed by atoms with Gasteiger partial charge in [0.05, 0.1) is 10.3 Å². The molecule has 0 saturated heterocycles. The van der Waals surface area contributed by atoms with Crippen LogP contribution in [0.3, 0.4) is 0 Å². The highest BCUT2D eigenvalue weighted by Gasteiger charge is 2.31. The van der Waals surface area contributed by atoms with Gasteiger partial charge in [-0.1, -0.05) is 56.2 Å². The Morgan fingerprint density at radius 2 is 1.68 bits per heavy atom. The van der Waals surface area contributed by atoms with E-state index in [0.717, 1.165) is 10.9 Å². The minimum atomic E-state index is -3.94. The lowest BCUT2D eigenvalue weighted by Gasteiger charge is -2.22. The van der Waals surface area contributed by atoms with E-state index in [1.165, 1.54) is 18.2 Å². The molecule has 1 heterocycles. The predicted octanol–water partition coefficient (Wildman–Crippen LogP) is 4.55. The van der Waals surface area contributed by atoms with E-state index in [0.29, 0.717) is 17.2 Å². The van der Waals surface area contributed by atoms with Crippen LogP contribution in [0.5, 0.6) is 5.75 Å². The van der Waals surface area contributed by atoms with Crippen molar-refractivity contribution in [1.82, 2.24) is 4.72 Å². The van der Waals surface area contributed by atoms with Gasteiger partial charge < -0.3 is 9.15 Å². The van der Waals surface area contributed by atoms with Gasteiger partial charge in [0, 0.05) is 11.5 Å². The molecule has 0 amide bonds. The van der Waals surface area contributed by atoms with Crippen molar-refractivity contribution in [3.8, 4) is 5.75 Å². The molecule has 176 valence electrons. The van der Waals surface area contributed by atoms with E-state index >= 15 is 0 Å². The third kappa shape index (κ3) is 4.73. The van der Waals surface area contributed by atoms with Crippen LogP contribution in [0.25, 0.3) is 21.7 Å². The monoisotopic (exact) mass is 479 g/mol. The number of rotatable bonds is 7. The Bertz CT molecular complexity index is 1520. The van der Waals surface area contributed by atoms with Crippen molar-refractivity contribution in [1.29, 1.82) is 0 Å². The highest BCUT2D eigenvalue weighted by molar-refractivity contribution is 7.89. The molecular formula is C26H25NO6S. The van der Waals surface area contributed by atoms with E-state index < -0.39 is 27.7 Å². The van der Waals surface area contributed by atoms with Crippen LogP contribution in [-0.2, 0) is 14.8 Å². The van der Waals surface area contributed by atoms with Crippen molar-refractivity contribution in [2.24, 2.45) is 5.92 Å².